The van der Waals surface area contributed by atoms with Crippen LogP contribution in [0.2, 0.25) is 0 Å². The number of carbonyl (C=O) groups is 1. The number of benzene rings is 4. The van der Waals surface area contributed by atoms with Crippen LogP contribution < -0.4 is 14.8 Å². The summed E-state index contributed by atoms with van der Waals surface area (Å²) in [5, 5.41) is 4.80. The van der Waals surface area contributed by atoms with Gasteiger partial charge >= 0.3 is 0 Å². The lowest BCUT2D eigenvalue weighted by atomic mass is 10.1. The van der Waals surface area contributed by atoms with Gasteiger partial charge in [-0.05, 0) is 79.2 Å². The number of aryl methyl sites for hydroxylation is 2. The van der Waals surface area contributed by atoms with Gasteiger partial charge in [0.05, 0.1) is 4.90 Å². The molecule has 4 aromatic rings. The average Bonchev–Trinajstić information content (AvgIpc) is 2.85. The van der Waals surface area contributed by atoms with Crippen molar-refractivity contribution < 1.29 is 17.9 Å². The lowest BCUT2D eigenvalue weighted by Crippen LogP contribution is -2.32. The fraction of sp³-hybridized carbons (Fsp3) is 0.179. The van der Waals surface area contributed by atoms with Crippen LogP contribution in [0.25, 0.3) is 10.8 Å². The molecule has 1 amide bonds. The van der Waals surface area contributed by atoms with E-state index in [1.54, 1.807) is 24.3 Å². The summed E-state index contributed by atoms with van der Waals surface area (Å²) >= 11 is 0. The molecule has 0 fully saturated rings. The third-order valence-corrected chi connectivity index (χ3v) is 7.27. The molecule has 35 heavy (non-hydrogen) atoms. The minimum absolute atomic E-state index is 0.104. The summed E-state index contributed by atoms with van der Waals surface area (Å²) in [6.07, 6.45) is -0.225. The van der Waals surface area contributed by atoms with Crippen molar-refractivity contribution in [2.75, 3.05) is 10.0 Å². The lowest BCUT2D eigenvalue weighted by molar-refractivity contribution is -0.122. The van der Waals surface area contributed by atoms with Crippen LogP contribution in [0.3, 0.4) is 0 Å². The summed E-state index contributed by atoms with van der Waals surface area (Å²) < 4.78 is 34.2. The molecule has 1 atom stereocenters. The highest BCUT2D eigenvalue weighted by Crippen LogP contribution is 2.27. The lowest BCUT2D eigenvalue weighted by Gasteiger charge is -2.18. The van der Waals surface area contributed by atoms with Crippen molar-refractivity contribution in [2.45, 2.75) is 38.2 Å². The number of anilines is 2. The Morgan fingerprint density at radius 2 is 1.54 bits per heavy atom. The third kappa shape index (κ3) is 5.63. The molecule has 0 bridgehead atoms. The Morgan fingerprint density at radius 3 is 2.26 bits per heavy atom. The van der Waals surface area contributed by atoms with Gasteiger partial charge in [-0.3, -0.25) is 9.52 Å². The fourth-order valence-corrected chi connectivity index (χ4v) is 4.78. The summed E-state index contributed by atoms with van der Waals surface area (Å²) in [6, 6.07) is 25.0. The van der Waals surface area contributed by atoms with Crippen molar-refractivity contribution in [3.8, 4) is 5.75 Å². The van der Waals surface area contributed by atoms with E-state index in [2.05, 4.69) is 10.0 Å². The molecule has 0 saturated heterocycles. The molecule has 180 valence electrons. The minimum Gasteiger partial charge on any atom is -0.480 e. The maximum atomic E-state index is 12.9. The van der Waals surface area contributed by atoms with Gasteiger partial charge in [0.1, 0.15) is 5.75 Å². The minimum atomic E-state index is -3.76. The topological polar surface area (TPSA) is 84.5 Å². The van der Waals surface area contributed by atoms with Crippen molar-refractivity contribution >= 4 is 38.1 Å². The number of amides is 1. The second-order valence-electron chi connectivity index (χ2n) is 8.41. The van der Waals surface area contributed by atoms with E-state index in [9.17, 15) is 13.2 Å². The Kier molecular flexibility index (Phi) is 7.07. The maximum Gasteiger partial charge on any atom is 0.265 e. The third-order valence-electron chi connectivity index (χ3n) is 5.87. The molecule has 0 spiro atoms. The zero-order valence-electron chi connectivity index (χ0n) is 19.9. The van der Waals surface area contributed by atoms with Crippen LogP contribution in [0.15, 0.2) is 89.8 Å². The van der Waals surface area contributed by atoms with Crippen molar-refractivity contribution in [2.24, 2.45) is 0 Å². The molecule has 0 aromatic heterocycles. The van der Waals surface area contributed by atoms with Gasteiger partial charge in [-0.15, -0.1) is 0 Å². The summed E-state index contributed by atoms with van der Waals surface area (Å²) in [5.41, 5.74) is 3.07. The quantitative estimate of drug-likeness (QED) is 0.316. The van der Waals surface area contributed by atoms with Gasteiger partial charge in [-0.1, -0.05) is 49.4 Å². The van der Waals surface area contributed by atoms with Gasteiger partial charge in [0.25, 0.3) is 15.9 Å². The van der Waals surface area contributed by atoms with Crippen molar-refractivity contribution in [1.82, 2.24) is 0 Å². The number of hydrogen-bond acceptors (Lipinski definition) is 4. The Morgan fingerprint density at radius 1 is 0.857 bits per heavy atom. The van der Waals surface area contributed by atoms with Crippen LogP contribution in [0, 0.1) is 13.8 Å². The highest BCUT2D eigenvalue weighted by atomic mass is 32.2. The Balaban J connectivity index is 1.45. The highest BCUT2D eigenvalue weighted by molar-refractivity contribution is 7.92. The highest BCUT2D eigenvalue weighted by Gasteiger charge is 2.20. The molecule has 7 heteroatoms. The molecule has 4 rings (SSSR count). The molecule has 0 saturated carbocycles. The molecular weight excluding hydrogens is 460 g/mol. The average molecular weight is 489 g/mol. The van der Waals surface area contributed by atoms with Crippen LogP contribution in [-0.2, 0) is 14.8 Å². The summed E-state index contributed by atoms with van der Waals surface area (Å²) in [6.45, 7) is 5.78. The summed E-state index contributed by atoms with van der Waals surface area (Å²) in [4.78, 5) is 13.0. The first-order chi connectivity index (χ1) is 16.8. The number of rotatable bonds is 8. The fourth-order valence-electron chi connectivity index (χ4n) is 3.73. The van der Waals surface area contributed by atoms with E-state index in [4.69, 9.17) is 4.74 Å². The molecule has 6 nitrogen and oxygen atoms in total. The summed E-state index contributed by atoms with van der Waals surface area (Å²) in [7, 11) is -3.76. The van der Waals surface area contributed by atoms with Gasteiger partial charge < -0.3 is 10.1 Å². The number of carbonyl (C=O) groups excluding carboxylic acids is 1. The molecule has 0 aliphatic carbocycles. The van der Waals surface area contributed by atoms with Crippen LogP contribution >= 0.6 is 0 Å². The van der Waals surface area contributed by atoms with Gasteiger partial charge in [0, 0.05) is 16.8 Å². The Bertz CT molecular complexity index is 1460. The van der Waals surface area contributed by atoms with E-state index >= 15 is 0 Å². The monoisotopic (exact) mass is 488 g/mol. The van der Waals surface area contributed by atoms with Crippen LogP contribution in [-0.4, -0.2) is 20.4 Å². The first kappa shape index (κ1) is 24.3. The zero-order chi connectivity index (χ0) is 25.0. The molecule has 0 radical (unpaired) electrons. The molecule has 2 N–H and O–H groups in total. The molecule has 0 aliphatic heterocycles. The molecular formula is C28H28N2O4S. The van der Waals surface area contributed by atoms with E-state index in [-0.39, 0.29) is 10.8 Å². The largest absolute Gasteiger partial charge is 0.480 e. The van der Waals surface area contributed by atoms with Crippen LogP contribution in [0.4, 0.5) is 11.4 Å². The van der Waals surface area contributed by atoms with E-state index in [0.717, 1.165) is 21.9 Å². The SMILES string of the molecule is CC[C@@H](Oc1cccc2ccccc12)C(=O)Nc1ccc(S(=O)(=O)Nc2ccc(C)c(C)c2)cc1. The normalized spacial score (nSPS) is 12.2. The van der Waals surface area contributed by atoms with E-state index in [1.807, 2.05) is 69.3 Å². The number of hydrogen-bond donors (Lipinski definition) is 2. The van der Waals surface area contributed by atoms with Gasteiger partial charge in [-0.25, -0.2) is 8.42 Å². The predicted molar refractivity (Wildman–Crippen MR) is 140 cm³/mol. The van der Waals surface area contributed by atoms with E-state index < -0.39 is 16.1 Å². The first-order valence-electron chi connectivity index (χ1n) is 11.4. The van der Waals surface area contributed by atoms with E-state index in [0.29, 0.717) is 23.5 Å². The number of sulfonamides is 1. The number of nitrogens with one attached hydrogen (secondary N) is 2. The van der Waals surface area contributed by atoms with E-state index in [1.165, 1.54) is 12.1 Å². The Labute approximate surface area is 206 Å². The first-order valence-corrected chi connectivity index (χ1v) is 12.9. The molecule has 0 aliphatic rings. The van der Waals surface area contributed by atoms with Gasteiger partial charge in [-0.2, -0.15) is 0 Å². The van der Waals surface area contributed by atoms with Crippen molar-refractivity contribution in [1.29, 1.82) is 0 Å². The smallest absolute Gasteiger partial charge is 0.265 e. The summed E-state index contributed by atoms with van der Waals surface area (Å²) in [5.74, 6) is 0.341. The molecule has 4 aromatic carbocycles. The second kappa shape index (κ2) is 10.2. The standard InChI is InChI=1S/C28H28N2O4S/c1-4-26(34-27-11-7-9-21-8-5-6-10-25(21)27)28(31)29-22-14-16-24(17-15-22)35(32,33)30-23-13-12-19(2)20(3)18-23/h5-18,26,30H,4H2,1-3H3,(H,29,31)/t26-/m1/s1. The molecule has 0 heterocycles. The number of ether oxygens (including phenoxy) is 1. The van der Waals surface area contributed by atoms with Crippen molar-refractivity contribution in [3.63, 3.8) is 0 Å². The number of fused-ring (bicyclic) bond motifs is 1. The zero-order valence-corrected chi connectivity index (χ0v) is 20.7. The van der Waals surface area contributed by atoms with Gasteiger partial charge in [0.2, 0.25) is 0 Å². The predicted octanol–water partition coefficient (Wildman–Crippen LogP) is 6.05. The van der Waals surface area contributed by atoms with Crippen LogP contribution in [0.5, 0.6) is 5.75 Å². The second-order valence-corrected chi connectivity index (χ2v) is 10.1. The Hall–Kier alpha value is -3.84. The molecule has 0 unspecified atom stereocenters. The van der Waals surface area contributed by atoms with Crippen molar-refractivity contribution in [3.05, 3.63) is 96.1 Å². The van der Waals surface area contributed by atoms with Gasteiger partial charge in [0.15, 0.2) is 6.10 Å². The van der Waals surface area contributed by atoms with Crippen LogP contribution in [0.1, 0.15) is 24.5 Å². The maximum absolute atomic E-state index is 12.9.